The van der Waals surface area contributed by atoms with Crippen LogP contribution in [-0.4, -0.2) is 55.7 Å². The number of nitrogens with two attached hydrogens (primary N) is 1. The Labute approximate surface area is 208 Å². The number of carbonyl (C=O) groups is 1. The van der Waals surface area contributed by atoms with E-state index >= 15 is 0 Å². The van der Waals surface area contributed by atoms with Gasteiger partial charge in [-0.1, -0.05) is 0 Å². The monoisotopic (exact) mass is 501 g/mol. The fraction of sp³-hybridized carbons (Fsp3) is 0.462. The van der Waals surface area contributed by atoms with Gasteiger partial charge in [-0.3, -0.25) is 4.79 Å². The minimum atomic E-state index is -4.49. The van der Waals surface area contributed by atoms with Crippen molar-refractivity contribution < 1.29 is 22.7 Å². The first kappa shape index (κ1) is 25.6. The number of nitriles is 1. The third kappa shape index (κ3) is 6.40. The summed E-state index contributed by atoms with van der Waals surface area (Å²) in [6, 6.07) is 13.5. The Morgan fingerprint density at radius 3 is 2.33 bits per heavy atom. The lowest BCUT2D eigenvalue weighted by Gasteiger charge is -2.36. The van der Waals surface area contributed by atoms with Crippen molar-refractivity contribution in [2.45, 2.75) is 44.0 Å². The maximum Gasteiger partial charge on any atom is 0.418 e. The molecular weight excluding hydrogens is 471 g/mol. The van der Waals surface area contributed by atoms with Gasteiger partial charge >= 0.3 is 6.18 Å². The smallest absolute Gasteiger partial charge is 0.398 e. The molecule has 7 nitrogen and oxygen atoms in total. The summed E-state index contributed by atoms with van der Waals surface area (Å²) < 4.78 is 45.2. The van der Waals surface area contributed by atoms with Gasteiger partial charge in [0.1, 0.15) is 6.61 Å². The maximum absolute atomic E-state index is 13.1. The SMILES string of the molecule is N#Cc1ccc(N2CCN(C(=O)COC3CCC(Nc4ccc(N)c(C(F)(F)F)c4)CC3)CC2)cc1. The molecule has 1 aliphatic carbocycles. The Morgan fingerprint density at radius 1 is 1.06 bits per heavy atom. The standard InChI is InChI=1S/C26H30F3N5O2/c27-26(28,29)23-15-20(5-10-24(23)31)32-19-3-8-22(9-4-19)36-17-25(35)34-13-11-33(12-14-34)21-6-1-18(16-30)2-7-21/h1-2,5-7,10,15,19,22,32H,3-4,8-9,11-14,17,31H2. The quantitative estimate of drug-likeness (QED) is 0.575. The summed E-state index contributed by atoms with van der Waals surface area (Å²) in [6.07, 6.45) is -1.57. The first-order valence-corrected chi connectivity index (χ1v) is 12.1. The van der Waals surface area contributed by atoms with E-state index in [1.54, 1.807) is 18.2 Å². The molecule has 192 valence electrons. The van der Waals surface area contributed by atoms with Gasteiger partial charge in [-0.25, -0.2) is 0 Å². The number of benzene rings is 2. The largest absolute Gasteiger partial charge is 0.418 e. The third-order valence-electron chi connectivity index (χ3n) is 6.84. The molecule has 2 fully saturated rings. The molecule has 0 radical (unpaired) electrons. The molecule has 2 aliphatic rings. The summed E-state index contributed by atoms with van der Waals surface area (Å²) in [5.74, 6) is -0.0312. The van der Waals surface area contributed by atoms with Crippen molar-refractivity contribution in [3.63, 3.8) is 0 Å². The summed E-state index contributed by atoms with van der Waals surface area (Å²) in [7, 11) is 0. The molecule has 0 aromatic heterocycles. The summed E-state index contributed by atoms with van der Waals surface area (Å²) in [5, 5.41) is 12.1. The van der Waals surface area contributed by atoms with Gasteiger partial charge in [-0.2, -0.15) is 18.4 Å². The molecule has 3 N–H and O–H groups in total. The third-order valence-corrected chi connectivity index (χ3v) is 6.84. The van der Waals surface area contributed by atoms with E-state index in [2.05, 4.69) is 16.3 Å². The highest BCUT2D eigenvalue weighted by Gasteiger charge is 2.33. The van der Waals surface area contributed by atoms with Crippen LogP contribution in [0.1, 0.15) is 36.8 Å². The topological polar surface area (TPSA) is 94.6 Å². The van der Waals surface area contributed by atoms with Gasteiger partial charge < -0.3 is 25.6 Å². The molecule has 10 heteroatoms. The number of hydrogen-bond donors (Lipinski definition) is 2. The van der Waals surface area contributed by atoms with Crippen LogP contribution in [0.2, 0.25) is 0 Å². The number of rotatable bonds is 6. The number of alkyl halides is 3. The van der Waals surface area contributed by atoms with Crippen LogP contribution in [-0.2, 0) is 15.7 Å². The minimum Gasteiger partial charge on any atom is -0.398 e. The molecule has 1 saturated heterocycles. The lowest BCUT2D eigenvalue weighted by Crippen LogP contribution is -2.50. The molecule has 0 bridgehead atoms. The van der Waals surface area contributed by atoms with Crippen molar-refractivity contribution in [2.75, 3.05) is 48.7 Å². The van der Waals surface area contributed by atoms with Crippen LogP contribution < -0.4 is 16.0 Å². The van der Waals surface area contributed by atoms with Crippen LogP contribution >= 0.6 is 0 Å². The average molecular weight is 502 g/mol. The van der Waals surface area contributed by atoms with Crippen molar-refractivity contribution in [1.29, 1.82) is 5.26 Å². The number of anilines is 3. The molecule has 1 aliphatic heterocycles. The molecular formula is C26H30F3N5O2. The van der Waals surface area contributed by atoms with Crippen LogP contribution in [0.3, 0.4) is 0 Å². The van der Waals surface area contributed by atoms with E-state index in [1.165, 1.54) is 6.07 Å². The second kappa shape index (κ2) is 11.1. The van der Waals surface area contributed by atoms with E-state index < -0.39 is 11.7 Å². The summed E-state index contributed by atoms with van der Waals surface area (Å²) in [6.45, 7) is 2.69. The number of nitrogens with one attached hydrogen (secondary N) is 1. The van der Waals surface area contributed by atoms with Gasteiger partial charge in [0.2, 0.25) is 5.91 Å². The zero-order valence-electron chi connectivity index (χ0n) is 19.9. The van der Waals surface area contributed by atoms with E-state index in [-0.39, 0.29) is 30.3 Å². The Bertz CT molecular complexity index is 1080. The fourth-order valence-electron chi connectivity index (χ4n) is 4.74. The normalized spacial score (nSPS) is 20.6. The highest BCUT2D eigenvalue weighted by molar-refractivity contribution is 5.77. The Hall–Kier alpha value is -3.45. The second-order valence-corrected chi connectivity index (χ2v) is 9.26. The number of nitrogen functional groups attached to an aromatic ring is 1. The molecule has 2 aromatic carbocycles. The molecule has 1 heterocycles. The van der Waals surface area contributed by atoms with Crippen LogP contribution in [0.25, 0.3) is 0 Å². The first-order chi connectivity index (χ1) is 17.2. The van der Waals surface area contributed by atoms with E-state index in [0.717, 1.165) is 50.5 Å². The van der Waals surface area contributed by atoms with Crippen LogP contribution in [0.5, 0.6) is 0 Å². The Balaban J connectivity index is 1.17. The number of carbonyl (C=O) groups excluding carboxylic acids is 1. The van der Waals surface area contributed by atoms with Crippen LogP contribution in [0.4, 0.5) is 30.2 Å². The van der Waals surface area contributed by atoms with Gasteiger partial charge in [-0.15, -0.1) is 0 Å². The van der Waals surface area contributed by atoms with E-state index in [0.29, 0.717) is 24.3 Å². The van der Waals surface area contributed by atoms with Gasteiger partial charge in [0.15, 0.2) is 0 Å². The Morgan fingerprint density at radius 2 is 1.72 bits per heavy atom. The molecule has 4 rings (SSSR count). The molecule has 0 unspecified atom stereocenters. The molecule has 0 atom stereocenters. The van der Waals surface area contributed by atoms with Crippen molar-refractivity contribution >= 4 is 23.0 Å². The number of hydrogen-bond acceptors (Lipinski definition) is 6. The minimum absolute atomic E-state index is 0.0312. The maximum atomic E-state index is 13.1. The van der Waals surface area contributed by atoms with Crippen molar-refractivity contribution in [3.05, 3.63) is 53.6 Å². The molecule has 2 aromatic rings. The number of amides is 1. The van der Waals surface area contributed by atoms with E-state index in [1.807, 2.05) is 17.0 Å². The number of halogens is 3. The van der Waals surface area contributed by atoms with Gasteiger partial charge in [-0.05, 0) is 68.1 Å². The van der Waals surface area contributed by atoms with Crippen LogP contribution in [0, 0.1) is 11.3 Å². The van der Waals surface area contributed by atoms with Gasteiger partial charge in [0, 0.05) is 49.3 Å². The highest BCUT2D eigenvalue weighted by atomic mass is 19.4. The summed E-state index contributed by atoms with van der Waals surface area (Å²) >= 11 is 0. The highest BCUT2D eigenvalue weighted by Crippen LogP contribution is 2.35. The number of ether oxygens (including phenoxy) is 1. The van der Waals surface area contributed by atoms with E-state index in [9.17, 15) is 18.0 Å². The zero-order chi connectivity index (χ0) is 25.7. The van der Waals surface area contributed by atoms with E-state index in [4.69, 9.17) is 15.7 Å². The molecule has 36 heavy (non-hydrogen) atoms. The predicted octanol–water partition coefficient (Wildman–Crippen LogP) is 4.25. The average Bonchev–Trinajstić information content (AvgIpc) is 2.88. The second-order valence-electron chi connectivity index (χ2n) is 9.26. The first-order valence-electron chi connectivity index (χ1n) is 12.1. The lowest BCUT2D eigenvalue weighted by molar-refractivity contribution is -0.139. The fourth-order valence-corrected chi connectivity index (χ4v) is 4.74. The van der Waals surface area contributed by atoms with Gasteiger partial charge in [0.25, 0.3) is 0 Å². The van der Waals surface area contributed by atoms with Crippen molar-refractivity contribution in [2.24, 2.45) is 0 Å². The van der Waals surface area contributed by atoms with Gasteiger partial charge in [0.05, 0.1) is 23.3 Å². The van der Waals surface area contributed by atoms with Crippen molar-refractivity contribution in [1.82, 2.24) is 4.90 Å². The molecule has 0 spiro atoms. The predicted molar refractivity (Wildman–Crippen MR) is 131 cm³/mol. The number of piperazine rings is 1. The lowest BCUT2D eigenvalue weighted by atomic mass is 9.92. The molecule has 1 saturated carbocycles. The van der Waals surface area contributed by atoms with Crippen LogP contribution in [0.15, 0.2) is 42.5 Å². The molecule has 1 amide bonds. The zero-order valence-corrected chi connectivity index (χ0v) is 19.9. The number of nitrogens with zero attached hydrogens (tertiary/aromatic N) is 3. The Kier molecular flexibility index (Phi) is 7.89. The summed E-state index contributed by atoms with van der Waals surface area (Å²) in [4.78, 5) is 16.7. The van der Waals surface area contributed by atoms with Crippen molar-refractivity contribution in [3.8, 4) is 6.07 Å². The summed E-state index contributed by atoms with van der Waals surface area (Å²) in [5.41, 5.74) is 6.41.